The summed E-state index contributed by atoms with van der Waals surface area (Å²) in [5, 5.41) is 5.02. The maximum atomic E-state index is 12.7. The van der Waals surface area contributed by atoms with Gasteiger partial charge < -0.3 is 15.0 Å². The van der Waals surface area contributed by atoms with Crippen molar-refractivity contribution in [1.82, 2.24) is 14.7 Å². The monoisotopic (exact) mass is 432 g/mol. The number of hydrogen-bond donors (Lipinski definition) is 1. The molecule has 1 amide bonds. The Morgan fingerprint density at radius 2 is 2.00 bits per heavy atom. The third-order valence-corrected chi connectivity index (χ3v) is 6.21. The first-order valence-corrected chi connectivity index (χ1v) is 11.4. The molecule has 31 heavy (non-hydrogen) atoms. The minimum atomic E-state index is -0.549. The number of amides is 1. The number of fused-ring (bicyclic) bond motifs is 2. The second-order valence-corrected chi connectivity index (χ2v) is 8.45. The summed E-state index contributed by atoms with van der Waals surface area (Å²) in [5.41, 5.74) is 4.16. The predicted molar refractivity (Wildman–Crippen MR) is 124 cm³/mol. The van der Waals surface area contributed by atoms with Gasteiger partial charge in [-0.25, -0.2) is 4.98 Å². The normalized spacial score (nSPS) is 15.5. The topological polar surface area (TPSA) is 58.9 Å². The fraction of sp³-hybridized carbons (Fsp3) is 0.250. The average molecular weight is 433 g/mol. The number of carbonyl (C=O) groups is 1. The van der Waals surface area contributed by atoms with Gasteiger partial charge in [-0.3, -0.25) is 9.20 Å². The molecule has 1 aliphatic rings. The molecule has 0 bridgehead atoms. The first-order chi connectivity index (χ1) is 15.2. The molecule has 0 fully saturated rings. The van der Waals surface area contributed by atoms with E-state index in [1.54, 1.807) is 11.3 Å². The quantitative estimate of drug-likeness (QED) is 0.492. The molecule has 0 unspecified atom stereocenters. The largest absolute Gasteiger partial charge is 0.477 e. The van der Waals surface area contributed by atoms with E-state index < -0.39 is 6.10 Å². The Bertz CT molecular complexity index is 1200. The van der Waals surface area contributed by atoms with Crippen LogP contribution in [0.15, 0.2) is 66.2 Å². The van der Waals surface area contributed by atoms with Gasteiger partial charge in [-0.1, -0.05) is 49.4 Å². The number of nitrogens with zero attached hydrogens (tertiary/aromatic N) is 3. The number of imidazole rings is 1. The van der Waals surface area contributed by atoms with Gasteiger partial charge in [-0.15, -0.1) is 11.3 Å². The lowest BCUT2D eigenvalue weighted by Gasteiger charge is -2.35. The third kappa shape index (κ3) is 3.77. The number of ether oxygens (including phenoxy) is 1. The summed E-state index contributed by atoms with van der Waals surface area (Å²) in [5.74, 6) is 0.663. The Kier molecular flexibility index (Phi) is 5.34. The average Bonchev–Trinajstić information content (AvgIpc) is 3.40. The van der Waals surface area contributed by atoms with Crippen LogP contribution >= 0.6 is 11.3 Å². The second-order valence-electron chi connectivity index (χ2n) is 7.57. The molecule has 0 radical (unpaired) electrons. The molecule has 4 aromatic rings. The summed E-state index contributed by atoms with van der Waals surface area (Å²) in [6.07, 6.45) is 2.41. The number of nitrogens with one attached hydrogen (secondary N) is 1. The summed E-state index contributed by atoms with van der Waals surface area (Å²) in [4.78, 5) is 20.8. The van der Waals surface area contributed by atoms with Gasteiger partial charge >= 0.3 is 0 Å². The number of aromatic nitrogens is 2. The lowest BCUT2D eigenvalue weighted by Crippen LogP contribution is -2.49. The summed E-state index contributed by atoms with van der Waals surface area (Å²) in [6, 6.07) is 18.2. The van der Waals surface area contributed by atoms with Gasteiger partial charge in [0.2, 0.25) is 0 Å². The van der Waals surface area contributed by atoms with Gasteiger partial charge in [-0.05, 0) is 18.6 Å². The SMILES string of the molecule is CCCNC(=O)[C@H]1CN(Cc2c(-c3ccccc3)nc3sccn23)c2ccccc2O1. The zero-order valence-electron chi connectivity index (χ0n) is 17.3. The minimum absolute atomic E-state index is 0.0707. The number of rotatable bonds is 6. The van der Waals surface area contributed by atoms with Crippen molar-refractivity contribution in [1.29, 1.82) is 0 Å². The van der Waals surface area contributed by atoms with Gasteiger partial charge in [0.25, 0.3) is 5.91 Å². The van der Waals surface area contributed by atoms with E-state index in [0.717, 1.165) is 39.8 Å². The number of anilines is 1. The molecular formula is C24H24N4O2S. The molecule has 0 spiro atoms. The fourth-order valence-electron chi connectivity index (χ4n) is 3.95. The summed E-state index contributed by atoms with van der Waals surface area (Å²) in [7, 11) is 0. The Morgan fingerprint density at radius 1 is 1.19 bits per heavy atom. The van der Waals surface area contributed by atoms with Crippen LogP contribution in [0.25, 0.3) is 16.2 Å². The summed E-state index contributed by atoms with van der Waals surface area (Å²) in [6.45, 7) is 3.80. The highest BCUT2D eigenvalue weighted by Gasteiger charge is 2.31. The predicted octanol–water partition coefficient (Wildman–Crippen LogP) is 4.36. The number of para-hydroxylation sites is 2. The van der Waals surface area contributed by atoms with Crippen molar-refractivity contribution < 1.29 is 9.53 Å². The van der Waals surface area contributed by atoms with Crippen molar-refractivity contribution in [3.8, 4) is 17.0 Å². The van der Waals surface area contributed by atoms with E-state index in [-0.39, 0.29) is 5.91 Å². The molecule has 1 atom stereocenters. The highest BCUT2D eigenvalue weighted by molar-refractivity contribution is 7.15. The lowest BCUT2D eigenvalue weighted by molar-refractivity contribution is -0.127. The van der Waals surface area contributed by atoms with Gasteiger partial charge in [0.1, 0.15) is 5.75 Å². The van der Waals surface area contributed by atoms with Crippen LogP contribution in [0.4, 0.5) is 5.69 Å². The molecule has 3 heterocycles. The minimum Gasteiger partial charge on any atom is -0.477 e. The first-order valence-electron chi connectivity index (χ1n) is 10.5. The van der Waals surface area contributed by atoms with Crippen LogP contribution in [-0.4, -0.2) is 34.5 Å². The molecule has 2 aromatic heterocycles. The van der Waals surface area contributed by atoms with Crippen LogP contribution in [0, 0.1) is 0 Å². The van der Waals surface area contributed by atoms with Crippen molar-refractivity contribution in [2.75, 3.05) is 18.0 Å². The summed E-state index contributed by atoms with van der Waals surface area (Å²) >= 11 is 1.62. The Balaban J connectivity index is 1.52. The molecule has 158 valence electrons. The maximum Gasteiger partial charge on any atom is 0.262 e. The Morgan fingerprint density at radius 3 is 2.84 bits per heavy atom. The van der Waals surface area contributed by atoms with Crippen molar-refractivity contribution in [2.24, 2.45) is 0 Å². The highest BCUT2D eigenvalue weighted by Crippen LogP contribution is 2.36. The third-order valence-electron chi connectivity index (χ3n) is 5.45. The second kappa shape index (κ2) is 8.43. The van der Waals surface area contributed by atoms with Gasteiger partial charge in [0.15, 0.2) is 11.1 Å². The smallest absolute Gasteiger partial charge is 0.262 e. The molecule has 0 saturated carbocycles. The van der Waals surface area contributed by atoms with Crippen LogP contribution in [0.1, 0.15) is 19.0 Å². The standard InChI is InChI=1S/C24H24N4O2S/c1-2-12-25-23(29)21-16-27(18-10-6-7-11-20(18)30-21)15-19-22(17-8-4-3-5-9-17)26-24-28(19)13-14-31-24/h3-11,13-14,21H,2,12,15-16H2,1H3,(H,25,29)/t21-/m1/s1. The zero-order valence-corrected chi connectivity index (χ0v) is 18.1. The van der Waals surface area contributed by atoms with Crippen molar-refractivity contribution >= 4 is 27.9 Å². The van der Waals surface area contributed by atoms with E-state index in [1.807, 2.05) is 49.4 Å². The molecule has 5 rings (SSSR count). The van der Waals surface area contributed by atoms with Crippen molar-refractivity contribution in [3.63, 3.8) is 0 Å². The zero-order chi connectivity index (χ0) is 21.2. The van der Waals surface area contributed by atoms with Gasteiger partial charge in [0, 0.05) is 23.7 Å². The van der Waals surface area contributed by atoms with E-state index >= 15 is 0 Å². The maximum absolute atomic E-state index is 12.7. The molecule has 6 nitrogen and oxygen atoms in total. The van der Waals surface area contributed by atoms with Gasteiger partial charge in [0.05, 0.1) is 30.2 Å². The molecule has 1 aliphatic heterocycles. The fourth-order valence-corrected chi connectivity index (χ4v) is 4.68. The molecule has 2 aromatic carbocycles. The number of benzene rings is 2. The Hall–Kier alpha value is -3.32. The number of thiazole rings is 1. The van der Waals surface area contributed by atoms with Crippen LogP contribution in [-0.2, 0) is 11.3 Å². The molecule has 1 N–H and O–H groups in total. The lowest BCUT2D eigenvalue weighted by atomic mass is 10.1. The molecule has 0 saturated heterocycles. The molecular weight excluding hydrogens is 408 g/mol. The van der Waals surface area contributed by atoms with E-state index in [0.29, 0.717) is 19.6 Å². The molecule has 0 aliphatic carbocycles. The van der Waals surface area contributed by atoms with E-state index in [1.165, 1.54) is 0 Å². The van der Waals surface area contributed by atoms with Crippen LogP contribution in [0.3, 0.4) is 0 Å². The molecule has 7 heteroatoms. The first kappa shape index (κ1) is 19.6. The number of hydrogen-bond acceptors (Lipinski definition) is 5. The van der Waals surface area contributed by atoms with E-state index in [4.69, 9.17) is 9.72 Å². The van der Waals surface area contributed by atoms with Crippen LogP contribution in [0.2, 0.25) is 0 Å². The Labute approximate surface area is 185 Å². The highest BCUT2D eigenvalue weighted by atomic mass is 32.1. The van der Waals surface area contributed by atoms with Crippen LogP contribution in [0.5, 0.6) is 5.75 Å². The number of carbonyl (C=O) groups excluding carboxylic acids is 1. The van der Waals surface area contributed by atoms with E-state index in [2.05, 4.69) is 38.3 Å². The van der Waals surface area contributed by atoms with Crippen LogP contribution < -0.4 is 15.0 Å². The van der Waals surface area contributed by atoms with E-state index in [9.17, 15) is 4.79 Å². The summed E-state index contributed by atoms with van der Waals surface area (Å²) < 4.78 is 8.20. The van der Waals surface area contributed by atoms with Gasteiger partial charge in [-0.2, -0.15) is 0 Å². The van der Waals surface area contributed by atoms with Crippen molar-refractivity contribution in [3.05, 3.63) is 71.9 Å². The van der Waals surface area contributed by atoms with Crippen molar-refractivity contribution in [2.45, 2.75) is 26.0 Å².